The molecule has 1 aromatic rings. The zero-order chi connectivity index (χ0) is 10.1. The van der Waals surface area contributed by atoms with Crippen molar-refractivity contribution in [1.82, 2.24) is 9.13 Å². The molecule has 0 bridgehead atoms. The summed E-state index contributed by atoms with van der Waals surface area (Å²) in [6.45, 7) is 3.41. The molecular formula is C10H17N3O. The molecule has 1 aromatic heterocycles. The van der Waals surface area contributed by atoms with Gasteiger partial charge in [0.05, 0.1) is 0 Å². The smallest absolute Gasteiger partial charge is 0.328 e. The summed E-state index contributed by atoms with van der Waals surface area (Å²) in [6.07, 6.45) is 6.06. The molecule has 78 valence electrons. The topological polar surface area (TPSA) is 52.9 Å². The third-order valence-corrected chi connectivity index (χ3v) is 2.72. The van der Waals surface area contributed by atoms with Crippen LogP contribution in [0.2, 0.25) is 0 Å². The van der Waals surface area contributed by atoms with Crippen LogP contribution in [0.4, 0.5) is 0 Å². The predicted molar refractivity (Wildman–Crippen MR) is 55.2 cm³/mol. The Kier molecular flexibility index (Phi) is 2.46. The quantitative estimate of drug-likeness (QED) is 0.764. The zero-order valence-electron chi connectivity index (χ0n) is 8.52. The highest BCUT2D eigenvalue weighted by Crippen LogP contribution is 2.33. The maximum atomic E-state index is 11.8. The lowest BCUT2D eigenvalue weighted by Crippen LogP contribution is -2.27. The summed E-state index contributed by atoms with van der Waals surface area (Å²) >= 11 is 0. The Hall–Kier alpha value is -1.03. The molecule has 14 heavy (non-hydrogen) atoms. The fraction of sp³-hybridized carbons (Fsp3) is 0.700. The van der Waals surface area contributed by atoms with Crippen LogP contribution in [0.3, 0.4) is 0 Å². The second-order valence-electron chi connectivity index (χ2n) is 4.21. The monoisotopic (exact) mass is 195 g/mol. The normalized spacial score (nSPS) is 18.4. The van der Waals surface area contributed by atoms with Crippen LogP contribution in [-0.4, -0.2) is 15.7 Å². The van der Waals surface area contributed by atoms with Gasteiger partial charge in [-0.05, 0) is 25.3 Å². The summed E-state index contributed by atoms with van der Waals surface area (Å²) in [5, 5.41) is 0. The molecule has 1 aliphatic rings. The Morgan fingerprint density at radius 2 is 2.29 bits per heavy atom. The van der Waals surface area contributed by atoms with E-state index in [2.05, 4.69) is 6.92 Å². The van der Waals surface area contributed by atoms with Crippen molar-refractivity contribution in [3.63, 3.8) is 0 Å². The summed E-state index contributed by atoms with van der Waals surface area (Å²) in [4.78, 5) is 11.8. The summed E-state index contributed by atoms with van der Waals surface area (Å²) < 4.78 is 3.60. The Labute approximate surface area is 83.3 Å². The third kappa shape index (κ3) is 1.75. The lowest BCUT2D eigenvalue weighted by Gasteiger charge is -2.07. The highest BCUT2D eigenvalue weighted by Gasteiger charge is 2.25. The second kappa shape index (κ2) is 3.61. The summed E-state index contributed by atoms with van der Waals surface area (Å²) in [7, 11) is 0. The molecule has 2 N–H and O–H groups in total. The molecule has 1 fully saturated rings. The maximum Gasteiger partial charge on any atom is 0.328 e. The molecule has 2 rings (SSSR count). The van der Waals surface area contributed by atoms with Gasteiger partial charge in [-0.1, -0.05) is 6.92 Å². The van der Waals surface area contributed by atoms with Gasteiger partial charge in [0, 0.05) is 25.0 Å². The molecule has 1 aliphatic carbocycles. The van der Waals surface area contributed by atoms with E-state index in [0.717, 1.165) is 19.4 Å². The first-order valence-electron chi connectivity index (χ1n) is 5.19. The number of imidazole rings is 1. The number of aromatic nitrogens is 2. The highest BCUT2D eigenvalue weighted by atomic mass is 16.1. The first-order chi connectivity index (χ1) is 6.72. The van der Waals surface area contributed by atoms with E-state index in [0.29, 0.717) is 18.5 Å². The van der Waals surface area contributed by atoms with Gasteiger partial charge >= 0.3 is 5.69 Å². The van der Waals surface area contributed by atoms with Crippen molar-refractivity contribution in [1.29, 1.82) is 0 Å². The van der Waals surface area contributed by atoms with Gasteiger partial charge < -0.3 is 5.73 Å². The van der Waals surface area contributed by atoms with E-state index in [1.54, 1.807) is 4.57 Å². The minimum atomic E-state index is 0.118. The largest absolute Gasteiger partial charge is 0.330 e. The lowest BCUT2D eigenvalue weighted by atomic mass is 10.2. The molecule has 0 aromatic carbocycles. The molecule has 0 spiro atoms. The summed E-state index contributed by atoms with van der Waals surface area (Å²) in [5.74, 6) is 0.364. The maximum absolute atomic E-state index is 11.8. The zero-order valence-corrected chi connectivity index (χ0v) is 8.52. The average Bonchev–Trinajstić information content (AvgIpc) is 2.95. The van der Waals surface area contributed by atoms with Crippen LogP contribution in [0.15, 0.2) is 17.2 Å². The SMILES string of the molecule is CC(CN)Cn1ccn(C2CC2)c1=O. The predicted octanol–water partition coefficient (Wildman–Crippen LogP) is 0.579. The van der Waals surface area contributed by atoms with Gasteiger partial charge in [-0.15, -0.1) is 0 Å². The van der Waals surface area contributed by atoms with Gasteiger partial charge in [0.25, 0.3) is 0 Å². The summed E-state index contributed by atoms with van der Waals surface area (Å²) in [5.41, 5.74) is 5.65. The van der Waals surface area contributed by atoms with Crippen molar-refractivity contribution in [2.75, 3.05) is 6.54 Å². The summed E-state index contributed by atoms with van der Waals surface area (Å²) in [6, 6.07) is 0.469. The van der Waals surface area contributed by atoms with Gasteiger partial charge in [-0.3, -0.25) is 9.13 Å². The number of nitrogens with two attached hydrogens (primary N) is 1. The van der Waals surface area contributed by atoms with Gasteiger partial charge in [0.2, 0.25) is 0 Å². The number of hydrogen-bond acceptors (Lipinski definition) is 2. The number of hydrogen-bond donors (Lipinski definition) is 1. The standard InChI is InChI=1S/C10H17N3O/c1-8(6-11)7-12-4-5-13(10(12)14)9-2-3-9/h4-5,8-9H,2-3,6-7,11H2,1H3. The van der Waals surface area contributed by atoms with Crippen LogP contribution in [0, 0.1) is 5.92 Å². The fourth-order valence-electron chi connectivity index (χ4n) is 1.61. The van der Waals surface area contributed by atoms with E-state index < -0.39 is 0 Å². The Balaban J connectivity index is 2.14. The van der Waals surface area contributed by atoms with E-state index in [1.807, 2.05) is 17.0 Å². The van der Waals surface area contributed by atoms with Crippen molar-refractivity contribution < 1.29 is 0 Å². The molecule has 0 radical (unpaired) electrons. The van der Waals surface area contributed by atoms with Crippen LogP contribution in [0.1, 0.15) is 25.8 Å². The molecule has 0 amide bonds. The van der Waals surface area contributed by atoms with E-state index in [1.165, 1.54) is 0 Å². The Morgan fingerprint density at radius 1 is 1.57 bits per heavy atom. The van der Waals surface area contributed by atoms with Gasteiger partial charge in [-0.25, -0.2) is 4.79 Å². The Bertz CT molecular complexity index is 362. The molecule has 4 heteroatoms. The van der Waals surface area contributed by atoms with Crippen molar-refractivity contribution in [3.8, 4) is 0 Å². The van der Waals surface area contributed by atoms with Gasteiger partial charge in [0.1, 0.15) is 0 Å². The van der Waals surface area contributed by atoms with E-state index >= 15 is 0 Å². The second-order valence-corrected chi connectivity index (χ2v) is 4.21. The molecule has 1 saturated carbocycles. The molecule has 1 unspecified atom stereocenters. The highest BCUT2D eigenvalue weighted by molar-refractivity contribution is 4.91. The van der Waals surface area contributed by atoms with Gasteiger partial charge in [0.15, 0.2) is 0 Å². The van der Waals surface area contributed by atoms with E-state index in [-0.39, 0.29) is 5.69 Å². The number of rotatable bonds is 4. The molecular weight excluding hydrogens is 178 g/mol. The van der Waals surface area contributed by atoms with Crippen molar-refractivity contribution in [2.45, 2.75) is 32.4 Å². The first kappa shape index (κ1) is 9.52. The van der Waals surface area contributed by atoms with Crippen LogP contribution in [0.5, 0.6) is 0 Å². The van der Waals surface area contributed by atoms with Crippen LogP contribution >= 0.6 is 0 Å². The molecule has 0 aliphatic heterocycles. The first-order valence-corrected chi connectivity index (χ1v) is 5.19. The Morgan fingerprint density at radius 3 is 2.86 bits per heavy atom. The minimum Gasteiger partial charge on any atom is -0.330 e. The van der Waals surface area contributed by atoms with Crippen LogP contribution < -0.4 is 11.4 Å². The fourth-order valence-corrected chi connectivity index (χ4v) is 1.61. The van der Waals surface area contributed by atoms with Crippen molar-refractivity contribution in [3.05, 3.63) is 22.9 Å². The molecule has 1 atom stereocenters. The van der Waals surface area contributed by atoms with Crippen LogP contribution in [-0.2, 0) is 6.54 Å². The van der Waals surface area contributed by atoms with E-state index in [4.69, 9.17) is 5.73 Å². The number of nitrogens with zero attached hydrogens (tertiary/aromatic N) is 2. The molecule has 4 nitrogen and oxygen atoms in total. The third-order valence-electron chi connectivity index (χ3n) is 2.72. The lowest BCUT2D eigenvalue weighted by molar-refractivity contribution is 0.475. The van der Waals surface area contributed by atoms with Crippen molar-refractivity contribution >= 4 is 0 Å². The van der Waals surface area contributed by atoms with E-state index in [9.17, 15) is 4.79 Å². The minimum absolute atomic E-state index is 0.118. The molecule has 1 heterocycles. The van der Waals surface area contributed by atoms with Gasteiger partial charge in [-0.2, -0.15) is 0 Å². The molecule has 0 saturated heterocycles. The van der Waals surface area contributed by atoms with Crippen molar-refractivity contribution in [2.24, 2.45) is 11.7 Å². The van der Waals surface area contributed by atoms with Crippen LogP contribution in [0.25, 0.3) is 0 Å². The average molecular weight is 195 g/mol.